The Hall–Kier alpha value is -4.16. The monoisotopic (exact) mass is 757 g/mol. The van der Waals surface area contributed by atoms with Crippen molar-refractivity contribution in [1.82, 2.24) is 30.2 Å². The zero-order chi connectivity index (χ0) is 38.5. The maximum absolute atomic E-state index is 15.0. The lowest BCUT2D eigenvalue weighted by molar-refractivity contribution is -0.123. The Bertz CT molecular complexity index is 1660. The minimum atomic E-state index is -0.376. The Balaban J connectivity index is 0.882. The third-order valence-electron chi connectivity index (χ3n) is 13.1. The smallest absolute Gasteiger partial charge is 0.407 e. The van der Waals surface area contributed by atoms with E-state index in [0.29, 0.717) is 24.3 Å². The van der Waals surface area contributed by atoms with Gasteiger partial charge in [0.25, 0.3) is 0 Å². The number of halogens is 1. The molecule has 4 aliphatic heterocycles. The van der Waals surface area contributed by atoms with Crippen LogP contribution in [0.2, 0.25) is 0 Å². The molecular formula is C43H60FN7O4. The molecule has 4 heterocycles. The van der Waals surface area contributed by atoms with E-state index >= 15 is 0 Å². The van der Waals surface area contributed by atoms with Gasteiger partial charge in [-0.15, -0.1) is 0 Å². The molecular weight excluding hydrogens is 698 g/mol. The number of likely N-dealkylation sites (tertiary alicyclic amines) is 3. The third kappa shape index (κ3) is 8.65. The van der Waals surface area contributed by atoms with E-state index in [1.807, 2.05) is 11.0 Å². The summed E-state index contributed by atoms with van der Waals surface area (Å²) in [7, 11) is 4.83. The van der Waals surface area contributed by atoms with Crippen LogP contribution in [-0.2, 0) is 21.5 Å². The molecule has 7 rings (SSSR count). The highest BCUT2D eigenvalue weighted by Gasteiger charge is 2.56. The largest absolute Gasteiger partial charge is 0.453 e. The lowest BCUT2D eigenvalue weighted by Crippen LogP contribution is -2.65. The number of nitrogens with one attached hydrogen (secondary N) is 2. The molecule has 4 saturated heterocycles. The summed E-state index contributed by atoms with van der Waals surface area (Å²) in [5.74, 6) is 1.39. The summed E-state index contributed by atoms with van der Waals surface area (Å²) in [6, 6.07) is 16.2. The summed E-state index contributed by atoms with van der Waals surface area (Å²) < 4.78 is 20.0. The van der Waals surface area contributed by atoms with Crippen molar-refractivity contribution >= 4 is 23.7 Å². The van der Waals surface area contributed by atoms with Gasteiger partial charge in [0, 0.05) is 96.1 Å². The SMILES string of the molecule is COC(=O)N[C@H]1CCC[C@@H]1C(c1cccc(F)c1)(C1CCN(CC2CN(c3ccc(CC4CN(C(=O)NC/C=C/C(=O)N(C)C)C4)cc3)C2)CC1)N1CCC1. The standard InChI is InChI=1S/C43H60FN7O4/c1-47(2)40(52)12-6-19-45-41(53)50-27-32(28-50)24-31-13-15-37(16-14-31)49-29-33(30-49)26-48-22-17-34(18-23-48)43(51-20-7-21-51,35-8-4-9-36(44)25-35)38-10-5-11-39(38)46-42(54)55-3/h4,6,8-9,12-16,25,32-34,38-39H,5,7,10-11,17-24,26-30H2,1-3H3,(H,45,53)(H,46,54)/b12-6+/t38-,39-,43?/m0/s1. The van der Waals surface area contributed by atoms with Gasteiger partial charge in [0.15, 0.2) is 0 Å². The van der Waals surface area contributed by atoms with Crippen molar-refractivity contribution in [1.29, 1.82) is 0 Å². The number of rotatable bonds is 13. The number of amides is 4. The van der Waals surface area contributed by atoms with Gasteiger partial charge < -0.3 is 35.0 Å². The number of hydrogen-bond acceptors (Lipinski definition) is 7. The van der Waals surface area contributed by atoms with E-state index in [-0.39, 0.29) is 41.3 Å². The summed E-state index contributed by atoms with van der Waals surface area (Å²) in [4.78, 5) is 47.6. The van der Waals surface area contributed by atoms with Crippen LogP contribution >= 0.6 is 0 Å². The Labute approximate surface area is 326 Å². The van der Waals surface area contributed by atoms with Crippen molar-refractivity contribution in [2.75, 3.05) is 91.6 Å². The normalized spacial score (nSPS) is 23.8. The summed E-state index contributed by atoms with van der Waals surface area (Å²) in [6.07, 6.45) is 10.0. The number of benzene rings is 2. The molecule has 11 nitrogen and oxygen atoms in total. The van der Waals surface area contributed by atoms with Crippen molar-refractivity contribution in [3.05, 3.63) is 77.6 Å². The maximum atomic E-state index is 15.0. The van der Waals surface area contributed by atoms with E-state index in [1.165, 1.54) is 29.3 Å². The Morgan fingerprint density at radius 1 is 0.927 bits per heavy atom. The molecule has 5 aliphatic rings. The van der Waals surface area contributed by atoms with Gasteiger partial charge in [0.05, 0.1) is 12.6 Å². The number of alkyl carbamates (subject to hydrolysis) is 1. The van der Waals surface area contributed by atoms with Crippen LogP contribution in [0.25, 0.3) is 0 Å². The summed E-state index contributed by atoms with van der Waals surface area (Å²) >= 11 is 0. The van der Waals surface area contributed by atoms with Gasteiger partial charge in [-0.2, -0.15) is 0 Å². The fourth-order valence-electron chi connectivity index (χ4n) is 10.1. The van der Waals surface area contributed by atoms with Gasteiger partial charge in [-0.3, -0.25) is 9.69 Å². The predicted octanol–water partition coefficient (Wildman–Crippen LogP) is 4.93. The highest BCUT2D eigenvalue weighted by atomic mass is 19.1. The third-order valence-corrected chi connectivity index (χ3v) is 13.1. The Morgan fingerprint density at radius 2 is 1.67 bits per heavy atom. The summed E-state index contributed by atoms with van der Waals surface area (Å²) in [5, 5.41) is 6.05. The van der Waals surface area contributed by atoms with Crippen LogP contribution in [0.1, 0.15) is 49.7 Å². The van der Waals surface area contributed by atoms with Crippen molar-refractivity contribution in [3.8, 4) is 0 Å². The lowest BCUT2D eigenvalue weighted by Gasteiger charge is -2.59. The van der Waals surface area contributed by atoms with Crippen molar-refractivity contribution in [3.63, 3.8) is 0 Å². The number of hydrogen-bond donors (Lipinski definition) is 2. The van der Waals surface area contributed by atoms with E-state index in [1.54, 1.807) is 32.3 Å². The van der Waals surface area contributed by atoms with Crippen molar-refractivity contribution in [2.24, 2.45) is 23.7 Å². The second kappa shape index (κ2) is 17.3. The molecule has 2 aromatic carbocycles. The summed E-state index contributed by atoms with van der Waals surface area (Å²) in [5.41, 5.74) is 3.34. The van der Waals surface area contributed by atoms with Gasteiger partial charge >= 0.3 is 12.1 Å². The molecule has 0 radical (unpaired) electrons. The number of likely N-dealkylation sites (N-methyl/N-ethyl adjacent to an activating group) is 1. The fraction of sp³-hybridized carbons (Fsp3) is 0.605. The van der Waals surface area contributed by atoms with Crippen molar-refractivity contribution in [2.45, 2.75) is 56.5 Å². The van der Waals surface area contributed by atoms with Gasteiger partial charge in [0.2, 0.25) is 5.91 Å². The van der Waals surface area contributed by atoms with Crippen LogP contribution in [0.3, 0.4) is 0 Å². The highest BCUT2D eigenvalue weighted by molar-refractivity contribution is 5.87. The van der Waals surface area contributed by atoms with Crippen LogP contribution in [0.15, 0.2) is 60.7 Å². The van der Waals surface area contributed by atoms with E-state index in [2.05, 4.69) is 55.7 Å². The van der Waals surface area contributed by atoms with Gasteiger partial charge in [-0.1, -0.05) is 36.8 Å². The fourth-order valence-corrected chi connectivity index (χ4v) is 10.1. The van der Waals surface area contributed by atoms with Crippen LogP contribution in [0.5, 0.6) is 0 Å². The van der Waals surface area contributed by atoms with E-state index in [9.17, 15) is 18.8 Å². The molecule has 1 unspecified atom stereocenters. The predicted molar refractivity (Wildman–Crippen MR) is 212 cm³/mol. The molecule has 4 amide bonds. The number of methoxy groups -OCH3 is 1. The van der Waals surface area contributed by atoms with E-state index in [0.717, 1.165) is 109 Å². The zero-order valence-corrected chi connectivity index (χ0v) is 32.9. The number of anilines is 1. The molecule has 3 atom stereocenters. The molecule has 0 aromatic heterocycles. The van der Waals surface area contributed by atoms with Crippen molar-refractivity contribution < 1.29 is 23.5 Å². The zero-order valence-electron chi connectivity index (χ0n) is 32.9. The molecule has 0 spiro atoms. The van der Waals surface area contributed by atoms with Gasteiger partial charge in [-0.05, 0) is 98.8 Å². The number of nitrogens with zero attached hydrogens (tertiary/aromatic N) is 5. The van der Waals surface area contributed by atoms with E-state index < -0.39 is 0 Å². The molecule has 5 fully saturated rings. The van der Waals surface area contributed by atoms with Crippen LogP contribution in [-0.4, -0.2) is 130 Å². The average Bonchev–Trinajstić information content (AvgIpc) is 3.59. The quantitative estimate of drug-likeness (QED) is 0.280. The first-order chi connectivity index (χ1) is 26.6. The minimum absolute atomic E-state index is 0.00722. The number of piperidine rings is 1. The molecule has 1 saturated carbocycles. The highest BCUT2D eigenvalue weighted by Crippen LogP contribution is 2.54. The van der Waals surface area contributed by atoms with Crippen LogP contribution < -0.4 is 15.5 Å². The average molecular weight is 758 g/mol. The molecule has 55 heavy (non-hydrogen) atoms. The molecule has 12 heteroatoms. The molecule has 298 valence electrons. The number of ether oxygens (including phenoxy) is 1. The maximum Gasteiger partial charge on any atom is 0.407 e. The minimum Gasteiger partial charge on any atom is -0.453 e. The Kier molecular flexibility index (Phi) is 12.3. The number of carbonyl (C=O) groups is 3. The molecule has 0 bridgehead atoms. The number of urea groups is 1. The van der Waals surface area contributed by atoms with E-state index in [4.69, 9.17) is 4.74 Å². The lowest BCUT2D eigenvalue weighted by atomic mass is 9.62. The first-order valence-corrected chi connectivity index (χ1v) is 20.5. The number of carbonyl (C=O) groups excluding carboxylic acids is 3. The van der Waals surface area contributed by atoms with Crippen LogP contribution in [0, 0.1) is 29.5 Å². The second-order valence-electron chi connectivity index (χ2n) is 16.8. The first kappa shape index (κ1) is 39.1. The second-order valence-corrected chi connectivity index (χ2v) is 16.8. The van der Waals surface area contributed by atoms with Gasteiger partial charge in [0.1, 0.15) is 5.82 Å². The first-order valence-electron chi connectivity index (χ1n) is 20.5. The summed E-state index contributed by atoms with van der Waals surface area (Å²) in [6.45, 7) is 9.16. The molecule has 1 aliphatic carbocycles. The molecule has 2 N–H and O–H groups in total. The molecule has 2 aromatic rings. The van der Waals surface area contributed by atoms with Gasteiger partial charge in [-0.25, -0.2) is 14.0 Å². The van der Waals surface area contributed by atoms with Crippen LogP contribution in [0.4, 0.5) is 19.7 Å². The Morgan fingerprint density at radius 3 is 2.33 bits per heavy atom. The topological polar surface area (TPSA) is 101 Å².